The van der Waals surface area contributed by atoms with Crippen molar-refractivity contribution in [2.45, 2.75) is 0 Å². The summed E-state index contributed by atoms with van der Waals surface area (Å²) in [5, 5.41) is 16.3. The molecule has 1 N–H and O–H groups in total. The lowest BCUT2D eigenvalue weighted by Gasteiger charge is -2.27. The Morgan fingerprint density at radius 2 is 1.26 bits per heavy atom. The van der Waals surface area contributed by atoms with Crippen LogP contribution in [0.1, 0.15) is 16.7 Å². The molecule has 0 radical (unpaired) electrons. The van der Waals surface area contributed by atoms with E-state index in [4.69, 9.17) is 4.99 Å². The molecule has 0 fully saturated rings. The number of thiophene rings is 1. The van der Waals surface area contributed by atoms with Crippen LogP contribution in [0.4, 0.5) is 17.1 Å². The van der Waals surface area contributed by atoms with Gasteiger partial charge in [-0.25, -0.2) is 0 Å². The highest BCUT2D eigenvalue weighted by atomic mass is 32.1. The molecule has 1 aromatic heterocycles. The smallest absolute Gasteiger partial charge is 0.149 e. The Labute approximate surface area is 276 Å². The van der Waals surface area contributed by atoms with Crippen LogP contribution in [0.2, 0.25) is 0 Å². The Hall–Kier alpha value is -5.97. The van der Waals surface area contributed by atoms with Crippen molar-refractivity contribution in [1.82, 2.24) is 0 Å². The maximum absolute atomic E-state index is 11.7. The molecule has 4 heteroatoms. The van der Waals surface area contributed by atoms with E-state index in [2.05, 4.69) is 114 Å². The maximum atomic E-state index is 11.7. The second-order valence-electron chi connectivity index (χ2n) is 11.8. The molecule has 8 aromatic rings. The first kappa shape index (κ1) is 27.3. The average Bonchev–Trinajstić information content (AvgIpc) is 3.63. The number of rotatable bonds is 6. The molecule has 222 valence electrons. The molecule has 0 bridgehead atoms. The molecule has 0 saturated carbocycles. The summed E-state index contributed by atoms with van der Waals surface area (Å²) in [6.07, 6.45) is 1.82. The number of anilines is 3. The molecular weight excluding hydrogens is 593 g/mol. The number of nitrogens with zero attached hydrogens (tertiary/aromatic N) is 2. The minimum Gasteiger partial charge on any atom is -0.505 e. The van der Waals surface area contributed by atoms with E-state index in [9.17, 15) is 5.11 Å². The molecule has 0 spiro atoms. The van der Waals surface area contributed by atoms with Gasteiger partial charge < -0.3 is 10.0 Å². The average molecular weight is 621 g/mol. The number of aliphatic imine (C=N–C) groups is 1. The van der Waals surface area contributed by atoms with Crippen molar-refractivity contribution in [2.24, 2.45) is 4.99 Å². The van der Waals surface area contributed by atoms with Gasteiger partial charge in [-0.3, -0.25) is 4.99 Å². The van der Waals surface area contributed by atoms with Gasteiger partial charge in [0, 0.05) is 60.0 Å². The van der Waals surface area contributed by atoms with Crippen molar-refractivity contribution < 1.29 is 5.11 Å². The molecule has 1 heterocycles. The molecule has 1 aliphatic rings. The van der Waals surface area contributed by atoms with E-state index in [1.165, 1.54) is 20.2 Å². The number of benzene rings is 7. The highest BCUT2D eigenvalue weighted by molar-refractivity contribution is 7.25. The van der Waals surface area contributed by atoms with Gasteiger partial charge in [-0.15, -0.1) is 11.3 Å². The number of hydrogen-bond donors (Lipinski definition) is 1. The van der Waals surface area contributed by atoms with E-state index in [0.717, 1.165) is 55.7 Å². The number of aliphatic hydroxyl groups excluding tert-OH is 1. The van der Waals surface area contributed by atoms with Crippen molar-refractivity contribution >= 4 is 77.0 Å². The number of fused-ring (bicyclic) bond motifs is 3. The molecule has 47 heavy (non-hydrogen) atoms. The Bertz CT molecular complexity index is 2530. The zero-order chi connectivity index (χ0) is 31.3. The van der Waals surface area contributed by atoms with Crippen molar-refractivity contribution in [3.63, 3.8) is 0 Å². The van der Waals surface area contributed by atoms with Crippen molar-refractivity contribution in [3.05, 3.63) is 174 Å². The van der Waals surface area contributed by atoms with Crippen LogP contribution in [-0.4, -0.2) is 11.3 Å². The SMILES string of the molecule is OC1=C(N=Cc2ccccc2)c2cccc3cc(N(c4cccc(-c5ccccc5)c4)c4ccc5sc6ccccc6c5c4)cc1c23. The van der Waals surface area contributed by atoms with E-state index in [1.54, 1.807) is 0 Å². The second kappa shape index (κ2) is 11.1. The predicted molar refractivity (Wildman–Crippen MR) is 200 cm³/mol. The summed E-state index contributed by atoms with van der Waals surface area (Å²) >= 11 is 1.82. The summed E-state index contributed by atoms with van der Waals surface area (Å²) in [6.45, 7) is 0. The van der Waals surface area contributed by atoms with E-state index in [0.29, 0.717) is 5.70 Å². The molecule has 7 aromatic carbocycles. The quantitative estimate of drug-likeness (QED) is 0.188. The van der Waals surface area contributed by atoms with Crippen LogP contribution in [0.5, 0.6) is 0 Å². The normalized spacial score (nSPS) is 12.6. The molecule has 0 atom stereocenters. The van der Waals surface area contributed by atoms with Crippen LogP contribution in [0, 0.1) is 0 Å². The fourth-order valence-corrected chi connectivity index (χ4v) is 7.83. The summed E-state index contributed by atoms with van der Waals surface area (Å²) in [4.78, 5) is 7.10. The third-order valence-corrected chi connectivity index (χ3v) is 10.1. The van der Waals surface area contributed by atoms with Crippen LogP contribution in [-0.2, 0) is 0 Å². The predicted octanol–water partition coefficient (Wildman–Crippen LogP) is 12.2. The van der Waals surface area contributed by atoms with Crippen LogP contribution >= 0.6 is 11.3 Å². The second-order valence-corrected chi connectivity index (χ2v) is 12.9. The largest absolute Gasteiger partial charge is 0.505 e. The van der Waals surface area contributed by atoms with Crippen LogP contribution in [0.25, 0.3) is 53.5 Å². The first-order valence-electron chi connectivity index (χ1n) is 15.7. The van der Waals surface area contributed by atoms with Gasteiger partial charge in [-0.05, 0) is 70.6 Å². The first-order valence-corrected chi connectivity index (χ1v) is 16.5. The van der Waals surface area contributed by atoms with Crippen molar-refractivity contribution in [3.8, 4) is 11.1 Å². The van der Waals surface area contributed by atoms with Crippen LogP contribution < -0.4 is 4.90 Å². The van der Waals surface area contributed by atoms with Crippen molar-refractivity contribution in [1.29, 1.82) is 0 Å². The van der Waals surface area contributed by atoms with Gasteiger partial charge in [0.15, 0.2) is 0 Å². The summed E-state index contributed by atoms with van der Waals surface area (Å²) < 4.78 is 2.54. The van der Waals surface area contributed by atoms with Gasteiger partial charge in [0.05, 0.1) is 0 Å². The summed E-state index contributed by atoms with van der Waals surface area (Å²) in [5.41, 5.74) is 8.67. The molecule has 9 rings (SSSR count). The van der Waals surface area contributed by atoms with E-state index >= 15 is 0 Å². The number of hydrogen-bond acceptors (Lipinski definition) is 4. The minimum absolute atomic E-state index is 0.197. The highest BCUT2D eigenvalue weighted by Gasteiger charge is 2.26. The van der Waals surface area contributed by atoms with Gasteiger partial charge in [0.2, 0.25) is 0 Å². The Balaban J connectivity index is 1.25. The first-order chi connectivity index (χ1) is 23.2. The number of aliphatic hydroxyl groups is 1. The molecular formula is C43H28N2OS. The van der Waals surface area contributed by atoms with Gasteiger partial charge in [0.25, 0.3) is 0 Å². The third-order valence-electron chi connectivity index (χ3n) is 8.93. The molecule has 0 saturated heterocycles. The Morgan fingerprint density at radius 1 is 0.532 bits per heavy atom. The van der Waals surface area contributed by atoms with Gasteiger partial charge in [-0.1, -0.05) is 109 Å². The summed E-state index contributed by atoms with van der Waals surface area (Å²) in [6, 6.07) is 55.1. The monoisotopic (exact) mass is 620 g/mol. The minimum atomic E-state index is 0.197. The Kier molecular flexibility index (Phi) is 6.47. The standard InChI is InChI=1S/C43H28N2OS/c46-43-38-26-34(24-31-16-10-19-36(41(31)38)42(43)44-27-28-11-3-1-4-12-28)45(32-17-9-15-30(23-32)29-13-5-2-6-14-29)33-21-22-40-37(25-33)35-18-7-8-20-39(35)47-40/h1-27,46H. The van der Waals surface area contributed by atoms with Gasteiger partial charge >= 0.3 is 0 Å². The van der Waals surface area contributed by atoms with E-state index < -0.39 is 0 Å². The van der Waals surface area contributed by atoms with Gasteiger partial charge in [-0.2, -0.15) is 0 Å². The lowest BCUT2D eigenvalue weighted by Crippen LogP contribution is -2.10. The van der Waals surface area contributed by atoms with Crippen LogP contribution in [0.15, 0.2) is 163 Å². The molecule has 0 amide bonds. The zero-order valence-electron chi connectivity index (χ0n) is 25.3. The molecule has 3 nitrogen and oxygen atoms in total. The summed E-state index contributed by atoms with van der Waals surface area (Å²) in [7, 11) is 0. The topological polar surface area (TPSA) is 35.8 Å². The van der Waals surface area contributed by atoms with E-state index in [1.807, 2.05) is 66.1 Å². The fraction of sp³-hybridized carbons (Fsp3) is 0. The zero-order valence-corrected chi connectivity index (χ0v) is 26.2. The Morgan fingerprint density at radius 3 is 2.13 bits per heavy atom. The fourth-order valence-electron chi connectivity index (χ4n) is 6.74. The summed E-state index contributed by atoms with van der Waals surface area (Å²) in [5.74, 6) is 0.197. The highest BCUT2D eigenvalue weighted by Crippen LogP contribution is 2.47. The van der Waals surface area contributed by atoms with E-state index in [-0.39, 0.29) is 5.76 Å². The molecule has 1 aliphatic carbocycles. The van der Waals surface area contributed by atoms with Crippen molar-refractivity contribution in [2.75, 3.05) is 4.90 Å². The molecule has 0 aliphatic heterocycles. The molecule has 0 unspecified atom stereocenters. The third kappa shape index (κ3) is 4.70. The lowest BCUT2D eigenvalue weighted by molar-refractivity contribution is 0.515. The maximum Gasteiger partial charge on any atom is 0.149 e. The van der Waals surface area contributed by atoms with Gasteiger partial charge in [0.1, 0.15) is 11.5 Å². The van der Waals surface area contributed by atoms with Crippen LogP contribution in [0.3, 0.4) is 0 Å². The lowest BCUT2D eigenvalue weighted by atomic mass is 10.0.